The first-order valence-corrected chi connectivity index (χ1v) is 8.45. The maximum absolute atomic E-state index is 12.7. The minimum atomic E-state index is -0.349. The Kier molecular flexibility index (Phi) is 3.71. The van der Waals surface area contributed by atoms with Gasteiger partial charge in [0.25, 0.3) is 0 Å². The Morgan fingerprint density at radius 2 is 2.08 bits per heavy atom. The predicted molar refractivity (Wildman–Crippen MR) is 91.9 cm³/mol. The zero-order chi connectivity index (χ0) is 17.6. The fourth-order valence-corrected chi connectivity index (χ4v) is 3.82. The van der Waals surface area contributed by atoms with Gasteiger partial charge in [-0.2, -0.15) is 0 Å². The number of rotatable bonds is 3. The van der Waals surface area contributed by atoms with Crippen molar-refractivity contribution in [3.63, 3.8) is 0 Å². The molecule has 0 bridgehead atoms. The molecule has 2 aliphatic heterocycles. The van der Waals surface area contributed by atoms with Gasteiger partial charge in [0.05, 0.1) is 19.0 Å². The lowest BCUT2D eigenvalue weighted by Crippen LogP contribution is -2.43. The molecule has 3 heterocycles. The molecular weight excluding hydrogens is 320 g/mol. The number of imide groups is 1. The summed E-state index contributed by atoms with van der Waals surface area (Å²) in [6, 6.07) is 7.45. The zero-order valence-corrected chi connectivity index (χ0v) is 14.1. The van der Waals surface area contributed by atoms with E-state index in [4.69, 9.17) is 0 Å². The van der Waals surface area contributed by atoms with Crippen LogP contribution in [0.2, 0.25) is 0 Å². The van der Waals surface area contributed by atoms with Crippen LogP contribution in [0.4, 0.5) is 4.79 Å². The second kappa shape index (κ2) is 5.91. The highest BCUT2D eigenvalue weighted by atomic mass is 16.2. The van der Waals surface area contributed by atoms with Crippen molar-refractivity contribution in [2.75, 3.05) is 19.6 Å². The van der Waals surface area contributed by atoms with Crippen molar-refractivity contribution in [1.82, 2.24) is 19.7 Å². The molecule has 0 saturated carbocycles. The summed E-state index contributed by atoms with van der Waals surface area (Å²) < 4.78 is 2.03. The average molecular weight is 340 g/mol. The van der Waals surface area contributed by atoms with E-state index in [2.05, 4.69) is 5.32 Å². The molecule has 4 rings (SSSR count). The molecule has 2 fully saturated rings. The molecule has 1 N–H and O–H groups in total. The van der Waals surface area contributed by atoms with Crippen molar-refractivity contribution in [2.45, 2.75) is 18.9 Å². The molecule has 2 aliphatic rings. The third-order valence-electron chi connectivity index (χ3n) is 5.08. The van der Waals surface area contributed by atoms with E-state index in [-0.39, 0.29) is 30.4 Å². The molecule has 0 aliphatic carbocycles. The molecule has 7 heteroatoms. The minimum absolute atomic E-state index is 0.0332. The number of nitrogens with one attached hydrogen (secondary N) is 1. The van der Waals surface area contributed by atoms with Gasteiger partial charge in [0.1, 0.15) is 0 Å². The highest BCUT2D eigenvalue weighted by Crippen LogP contribution is 2.23. The molecule has 2 aromatic rings. The number of urea groups is 1. The van der Waals surface area contributed by atoms with Crippen molar-refractivity contribution >= 4 is 28.7 Å². The van der Waals surface area contributed by atoms with Crippen LogP contribution >= 0.6 is 0 Å². The van der Waals surface area contributed by atoms with E-state index in [0.29, 0.717) is 25.9 Å². The predicted octanol–water partition coefficient (Wildman–Crippen LogP) is 0.873. The standard InChI is InChI=1S/C18H20N4O3/c1-20-10-12(14-4-2-3-5-15(14)20)8-16(23)21-7-6-13(11-21)22-17(24)9-19-18(22)25/h2-5,10,13H,6-9,11H2,1H3,(H,19,25). The lowest BCUT2D eigenvalue weighted by Gasteiger charge is -2.21. The molecule has 1 atom stereocenters. The van der Waals surface area contributed by atoms with Gasteiger partial charge in [-0.05, 0) is 18.1 Å². The molecule has 0 radical (unpaired) electrons. The van der Waals surface area contributed by atoms with E-state index in [1.807, 2.05) is 42.1 Å². The van der Waals surface area contributed by atoms with Gasteiger partial charge < -0.3 is 14.8 Å². The van der Waals surface area contributed by atoms with Crippen molar-refractivity contribution < 1.29 is 14.4 Å². The van der Waals surface area contributed by atoms with Crippen LogP contribution in [0.3, 0.4) is 0 Å². The van der Waals surface area contributed by atoms with E-state index >= 15 is 0 Å². The second-order valence-corrected chi connectivity index (χ2v) is 6.66. The Morgan fingerprint density at radius 3 is 2.84 bits per heavy atom. The monoisotopic (exact) mass is 340 g/mol. The van der Waals surface area contributed by atoms with Crippen molar-refractivity contribution in [2.24, 2.45) is 7.05 Å². The third-order valence-corrected chi connectivity index (χ3v) is 5.08. The normalized spacial score (nSPS) is 20.6. The molecule has 1 aromatic heterocycles. The summed E-state index contributed by atoms with van der Waals surface area (Å²) in [5, 5.41) is 3.62. The quantitative estimate of drug-likeness (QED) is 0.843. The Balaban J connectivity index is 1.47. The van der Waals surface area contributed by atoms with Crippen LogP contribution < -0.4 is 5.32 Å². The minimum Gasteiger partial charge on any atom is -0.350 e. The highest BCUT2D eigenvalue weighted by Gasteiger charge is 2.39. The van der Waals surface area contributed by atoms with Gasteiger partial charge in [-0.15, -0.1) is 0 Å². The first kappa shape index (κ1) is 15.7. The summed E-state index contributed by atoms with van der Waals surface area (Å²) in [5.41, 5.74) is 2.10. The molecule has 4 amide bonds. The molecular formula is C18H20N4O3. The number of hydrogen-bond donors (Lipinski definition) is 1. The smallest absolute Gasteiger partial charge is 0.324 e. The highest BCUT2D eigenvalue weighted by molar-refractivity contribution is 6.02. The van der Waals surface area contributed by atoms with Gasteiger partial charge >= 0.3 is 6.03 Å². The Hall–Kier alpha value is -2.83. The van der Waals surface area contributed by atoms with Crippen molar-refractivity contribution in [3.8, 4) is 0 Å². The van der Waals surface area contributed by atoms with Gasteiger partial charge in [-0.25, -0.2) is 4.79 Å². The summed E-state index contributed by atoms with van der Waals surface area (Å²) in [6.45, 7) is 1.05. The number of aromatic nitrogens is 1. The summed E-state index contributed by atoms with van der Waals surface area (Å²) in [7, 11) is 1.97. The van der Waals surface area contributed by atoms with Gasteiger partial charge in [-0.3, -0.25) is 14.5 Å². The number of carbonyl (C=O) groups excluding carboxylic acids is 3. The molecule has 25 heavy (non-hydrogen) atoms. The Labute approximate surface area is 145 Å². The first-order chi connectivity index (χ1) is 12.0. The number of para-hydroxylation sites is 1. The second-order valence-electron chi connectivity index (χ2n) is 6.66. The van der Waals surface area contributed by atoms with Crippen LogP contribution in [-0.4, -0.2) is 57.9 Å². The number of hydrogen-bond acceptors (Lipinski definition) is 3. The number of fused-ring (bicyclic) bond motifs is 1. The Morgan fingerprint density at radius 1 is 1.28 bits per heavy atom. The lowest BCUT2D eigenvalue weighted by molar-refractivity contribution is -0.131. The summed E-state index contributed by atoms with van der Waals surface area (Å²) in [4.78, 5) is 39.3. The van der Waals surface area contributed by atoms with E-state index in [1.54, 1.807) is 4.90 Å². The maximum Gasteiger partial charge on any atom is 0.324 e. The third kappa shape index (κ3) is 2.65. The zero-order valence-electron chi connectivity index (χ0n) is 14.1. The maximum atomic E-state index is 12.7. The van der Waals surface area contributed by atoms with Crippen molar-refractivity contribution in [1.29, 1.82) is 0 Å². The molecule has 0 spiro atoms. The molecule has 130 valence electrons. The largest absolute Gasteiger partial charge is 0.350 e. The SMILES string of the molecule is Cn1cc(CC(=O)N2CCC(N3C(=O)CNC3=O)C2)c2ccccc21. The van der Waals surface area contributed by atoms with Crippen LogP contribution in [0.5, 0.6) is 0 Å². The van der Waals surface area contributed by atoms with E-state index < -0.39 is 0 Å². The lowest BCUT2D eigenvalue weighted by atomic mass is 10.1. The van der Waals surface area contributed by atoms with Gasteiger partial charge in [0.15, 0.2) is 0 Å². The average Bonchev–Trinajstić information content (AvgIpc) is 3.28. The number of likely N-dealkylation sites (tertiary alicyclic amines) is 1. The van der Waals surface area contributed by atoms with E-state index in [9.17, 15) is 14.4 Å². The van der Waals surface area contributed by atoms with Crippen LogP contribution in [0, 0.1) is 0 Å². The first-order valence-electron chi connectivity index (χ1n) is 8.45. The summed E-state index contributed by atoms with van der Waals surface area (Å²) >= 11 is 0. The van der Waals surface area contributed by atoms with Gasteiger partial charge in [0, 0.05) is 37.2 Å². The van der Waals surface area contributed by atoms with Crippen LogP contribution in [-0.2, 0) is 23.1 Å². The van der Waals surface area contributed by atoms with Crippen molar-refractivity contribution in [3.05, 3.63) is 36.0 Å². The summed E-state index contributed by atoms with van der Waals surface area (Å²) in [6.07, 6.45) is 2.96. The number of nitrogens with zero attached hydrogens (tertiary/aromatic N) is 3. The molecule has 1 aromatic carbocycles. The molecule has 2 saturated heterocycles. The fraction of sp³-hybridized carbons (Fsp3) is 0.389. The number of benzene rings is 1. The fourth-order valence-electron chi connectivity index (χ4n) is 3.82. The molecule has 7 nitrogen and oxygen atoms in total. The van der Waals surface area contributed by atoms with Gasteiger partial charge in [-0.1, -0.05) is 18.2 Å². The summed E-state index contributed by atoms with van der Waals surface area (Å²) in [5.74, 6) is -0.177. The number of aryl methyl sites for hydroxylation is 1. The number of carbonyl (C=O) groups is 3. The Bertz CT molecular complexity index is 856. The van der Waals surface area contributed by atoms with Crippen LogP contribution in [0.1, 0.15) is 12.0 Å². The topological polar surface area (TPSA) is 74.7 Å². The number of amides is 4. The van der Waals surface area contributed by atoms with Crippen LogP contribution in [0.15, 0.2) is 30.5 Å². The molecule has 1 unspecified atom stereocenters. The van der Waals surface area contributed by atoms with E-state index in [1.165, 1.54) is 4.90 Å². The van der Waals surface area contributed by atoms with Crippen LogP contribution in [0.25, 0.3) is 10.9 Å². The van der Waals surface area contributed by atoms with E-state index in [0.717, 1.165) is 16.5 Å². The van der Waals surface area contributed by atoms with Gasteiger partial charge in [0.2, 0.25) is 11.8 Å².